The van der Waals surface area contributed by atoms with Crippen molar-refractivity contribution < 1.29 is 0 Å². The van der Waals surface area contributed by atoms with Gasteiger partial charge in [0, 0.05) is 18.0 Å². The number of aromatic nitrogens is 2. The number of aromatic amines is 1. The van der Waals surface area contributed by atoms with Crippen molar-refractivity contribution in [1.29, 1.82) is 0 Å². The first-order valence-corrected chi connectivity index (χ1v) is 3.17. The number of imidazole rings is 1. The van der Waals surface area contributed by atoms with Gasteiger partial charge in [-0.1, -0.05) is 18.7 Å². The Bertz CT molecular complexity index is 232. The minimum Gasteiger partial charge on any atom is -0.345 e. The third-order valence-electron chi connectivity index (χ3n) is 1.30. The molecule has 0 aliphatic heterocycles. The Morgan fingerprint density at radius 2 is 2.60 bits per heavy atom. The molecule has 1 N–H and O–H groups in total. The van der Waals surface area contributed by atoms with Crippen molar-refractivity contribution >= 4 is 5.57 Å². The van der Waals surface area contributed by atoms with Crippen LogP contribution in [0.25, 0.3) is 5.57 Å². The molecule has 1 aromatic heterocycles. The Labute approximate surface area is 60.3 Å². The van der Waals surface area contributed by atoms with Gasteiger partial charge in [-0.25, -0.2) is 4.98 Å². The fourth-order valence-electron chi connectivity index (χ4n) is 0.774. The smallest absolute Gasteiger partial charge is 0.136 e. The molecule has 0 unspecified atom stereocenters. The van der Waals surface area contributed by atoms with E-state index in [2.05, 4.69) is 16.5 Å². The van der Waals surface area contributed by atoms with Crippen molar-refractivity contribution in [2.24, 2.45) is 0 Å². The first-order chi connectivity index (χ1) is 4.88. The summed E-state index contributed by atoms with van der Waals surface area (Å²) in [7, 11) is 0. The molecule has 52 valence electrons. The largest absolute Gasteiger partial charge is 0.345 e. The molecule has 10 heavy (non-hydrogen) atoms. The van der Waals surface area contributed by atoms with Gasteiger partial charge in [0.15, 0.2) is 0 Å². The number of H-pyrrole nitrogens is 1. The molecular weight excluding hydrogens is 124 g/mol. The summed E-state index contributed by atoms with van der Waals surface area (Å²) < 4.78 is 0. The van der Waals surface area contributed by atoms with Gasteiger partial charge >= 0.3 is 0 Å². The molecule has 0 saturated heterocycles. The van der Waals surface area contributed by atoms with Gasteiger partial charge in [0.25, 0.3) is 0 Å². The van der Waals surface area contributed by atoms with Crippen LogP contribution in [0.2, 0.25) is 0 Å². The second-order valence-corrected chi connectivity index (χ2v) is 1.89. The van der Waals surface area contributed by atoms with Crippen LogP contribution in [0.15, 0.2) is 31.1 Å². The highest BCUT2D eigenvalue weighted by molar-refractivity contribution is 5.68. The third kappa shape index (κ3) is 1.16. The van der Waals surface area contributed by atoms with Gasteiger partial charge in [0.2, 0.25) is 0 Å². The molecule has 1 aromatic rings. The summed E-state index contributed by atoms with van der Waals surface area (Å²) >= 11 is 0. The number of rotatable bonds is 2. The maximum Gasteiger partial charge on any atom is 0.136 e. The molecule has 0 saturated carbocycles. The molecule has 1 heterocycles. The number of nitrogens with zero attached hydrogens (tertiary/aromatic N) is 1. The van der Waals surface area contributed by atoms with Crippen molar-refractivity contribution in [3.05, 3.63) is 36.9 Å². The SMILES string of the molecule is C=CC(=CC)c1ncc[nH]1. The van der Waals surface area contributed by atoms with E-state index in [1.54, 1.807) is 18.5 Å². The summed E-state index contributed by atoms with van der Waals surface area (Å²) in [4.78, 5) is 7.05. The van der Waals surface area contributed by atoms with Crippen LogP contribution in [-0.4, -0.2) is 9.97 Å². The summed E-state index contributed by atoms with van der Waals surface area (Å²) in [5, 5.41) is 0. The van der Waals surface area contributed by atoms with E-state index in [-0.39, 0.29) is 0 Å². The summed E-state index contributed by atoms with van der Waals surface area (Å²) in [6, 6.07) is 0. The Hall–Kier alpha value is -1.31. The molecule has 0 fully saturated rings. The normalized spacial score (nSPS) is 11.5. The van der Waals surface area contributed by atoms with Crippen molar-refractivity contribution in [2.75, 3.05) is 0 Å². The van der Waals surface area contributed by atoms with E-state index in [1.165, 1.54) is 0 Å². The number of nitrogens with one attached hydrogen (secondary N) is 1. The molecule has 0 bridgehead atoms. The lowest BCUT2D eigenvalue weighted by molar-refractivity contribution is 1.24. The van der Waals surface area contributed by atoms with E-state index in [9.17, 15) is 0 Å². The van der Waals surface area contributed by atoms with Crippen LogP contribution in [0, 0.1) is 0 Å². The van der Waals surface area contributed by atoms with Gasteiger partial charge in [-0.2, -0.15) is 0 Å². The monoisotopic (exact) mass is 134 g/mol. The standard InChI is InChI=1S/C8H10N2/c1-3-7(4-2)8-9-5-6-10-8/h3-6H,1H2,2H3,(H,9,10). The van der Waals surface area contributed by atoms with Gasteiger partial charge in [0.05, 0.1) is 0 Å². The second-order valence-electron chi connectivity index (χ2n) is 1.89. The molecule has 0 aliphatic carbocycles. The minimum absolute atomic E-state index is 0.873. The highest BCUT2D eigenvalue weighted by Gasteiger charge is 1.94. The number of hydrogen-bond donors (Lipinski definition) is 1. The van der Waals surface area contributed by atoms with Crippen LogP contribution in [0.4, 0.5) is 0 Å². The number of allylic oxidation sites excluding steroid dienone is 3. The highest BCUT2D eigenvalue weighted by atomic mass is 14.9. The van der Waals surface area contributed by atoms with Crippen molar-refractivity contribution in [1.82, 2.24) is 9.97 Å². The molecule has 0 spiro atoms. The summed E-state index contributed by atoms with van der Waals surface area (Å²) in [5.74, 6) is 0.873. The fourth-order valence-corrected chi connectivity index (χ4v) is 0.774. The van der Waals surface area contributed by atoms with Crippen LogP contribution < -0.4 is 0 Å². The maximum atomic E-state index is 4.06. The Morgan fingerprint density at radius 1 is 1.80 bits per heavy atom. The molecule has 2 nitrogen and oxygen atoms in total. The highest BCUT2D eigenvalue weighted by Crippen LogP contribution is 2.07. The average molecular weight is 134 g/mol. The van der Waals surface area contributed by atoms with E-state index in [0.717, 1.165) is 11.4 Å². The molecule has 0 radical (unpaired) electrons. The molecule has 0 atom stereocenters. The lowest BCUT2D eigenvalue weighted by Gasteiger charge is -1.92. The van der Waals surface area contributed by atoms with Gasteiger partial charge in [-0.3, -0.25) is 0 Å². The van der Waals surface area contributed by atoms with Gasteiger partial charge in [0.1, 0.15) is 5.82 Å². The maximum absolute atomic E-state index is 4.06. The van der Waals surface area contributed by atoms with E-state index in [0.29, 0.717) is 0 Å². The first-order valence-electron chi connectivity index (χ1n) is 3.17. The molecular formula is C8H10N2. The molecule has 1 rings (SSSR count). The summed E-state index contributed by atoms with van der Waals surface area (Å²) in [5.41, 5.74) is 1.03. The van der Waals surface area contributed by atoms with Crippen LogP contribution in [0.3, 0.4) is 0 Å². The van der Waals surface area contributed by atoms with E-state index in [1.807, 2.05) is 13.0 Å². The van der Waals surface area contributed by atoms with Crippen molar-refractivity contribution in [2.45, 2.75) is 6.92 Å². The summed E-state index contributed by atoms with van der Waals surface area (Å²) in [6.45, 7) is 5.62. The predicted molar refractivity (Wildman–Crippen MR) is 42.4 cm³/mol. The average Bonchev–Trinajstić information content (AvgIpc) is 2.43. The lowest BCUT2D eigenvalue weighted by Crippen LogP contribution is -1.81. The first kappa shape index (κ1) is 6.81. The Balaban J connectivity index is 2.95. The zero-order chi connectivity index (χ0) is 7.40. The molecule has 2 heteroatoms. The van der Waals surface area contributed by atoms with E-state index in [4.69, 9.17) is 0 Å². The predicted octanol–water partition coefficient (Wildman–Crippen LogP) is 2.00. The molecule has 0 aromatic carbocycles. The third-order valence-corrected chi connectivity index (χ3v) is 1.30. The second kappa shape index (κ2) is 3.01. The zero-order valence-corrected chi connectivity index (χ0v) is 5.96. The van der Waals surface area contributed by atoms with Crippen LogP contribution in [0.1, 0.15) is 12.7 Å². The minimum atomic E-state index is 0.873. The Morgan fingerprint density at radius 3 is 3.00 bits per heavy atom. The van der Waals surface area contributed by atoms with Crippen molar-refractivity contribution in [3.63, 3.8) is 0 Å². The lowest BCUT2D eigenvalue weighted by atomic mass is 10.2. The van der Waals surface area contributed by atoms with Crippen LogP contribution in [0.5, 0.6) is 0 Å². The Kier molecular flexibility index (Phi) is 2.05. The van der Waals surface area contributed by atoms with Crippen LogP contribution in [-0.2, 0) is 0 Å². The topological polar surface area (TPSA) is 28.7 Å². The molecule has 0 amide bonds. The van der Waals surface area contributed by atoms with Crippen molar-refractivity contribution in [3.8, 4) is 0 Å². The zero-order valence-electron chi connectivity index (χ0n) is 5.96. The molecule has 0 aliphatic rings. The van der Waals surface area contributed by atoms with E-state index >= 15 is 0 Å². The fraction of sp³-hybridized carbons (Fsp3) is 0.125. The van der Waals surface area contributed by atoms with Gasteiger partial charge < -0.3 is 4.98 Å². The number of hydrogen-bond acceptors (Lipinski definition) is 1. The summed E-state index contributed by atoms with van der Waals surface area (Å²) in [6.07, 6.45) is 7.26. The van der Waals surface area contributed by atoms with Crippen LogP contribution >= 0.6 is 0 Å². The van der Waals surface area contributed by atoms with Gasteiger partial charge in [-0.05, 0) is 6.92 Å². The van der Waals surface area contributed by atoms with Gasteiger partial charge in [-0.15, -0.1) is 0 Å². The quantitative estimate of drug-likeness (QED) is 0.616. The van der Waals surface area contributed by atoms with E-state index < -0.39 is 0 Å².